The van der Waals surface area contributed by atoms with E-state index in [-0.39, 0.29) is 60.1 Å². The molecular formula is C99H146N18O30S2. The Morgan fingerprint density at radius 3 is 1.20 bits per heavy atom. The maximum Gasteiger partial charge on any atom is 0.407 e. The molecule has 0 spiro atoms. The number of aromatic nitrogens is 2. The number of hydrogen-bond acceptors (Lipinski definition) is 31. The van der Waals surface area contributed by atoms with Crippen molar-refractivity contribution < 1.29 is 144 Å². The molecular weight excluding hydrogens is 1990 g/mol. The number of ketones is 4. The summed E-state index contributed by atoms with van der Waals surface area (Å²) >= 11 is 0. The lowest BCUT2D eigenvalue weighted by Gasteiger charge is -2.32. The zero-order valence-corrected chi connectivity index (χ0v) is 87.6. The number of hydrogen-bond donors (Lipinski definition) is 20. The standard InChI is InChI=1S/C52H77N9O16S.C47H69N9O14S/c1-8-27(2)44-48(72)56-22-42(68)57-35-26-78(75)50-34(33-13-12-32(76-7)21-36(33)60(50)15-11-9-10-14-54-51(74)77-52(4,5)6)16-29(46(70)55-23-43(69)58-44)17-39(65)45(28(3)40(66)25-62)59-47(71)37-20-31(63)24-61(37)49(73)30(18-38(35)64)19-41(53)67;1-5-24(2)41-45(67)51-19-39(63)52-32-23-71(69)47-31(30-10-9-29(70-4)18-33(30)55(47)12-8-6-7-11-48)13-26(43(65)50-20-40(64)53-41)14-36(60)42(25(3)37(61)22-57)54-44(66)34-17-28(58)21-56(34)46(68)27(15-35(32)59)16-38(49)62/h12-13,21,27-31,35,37,40,44-45,62-63,66H,8-11,14-20,22-26H2,1-7H3,(H2,53,67)(H,54,74)(H,55,70)(H,56,72)(H,57,68)(H,58,69)(H,59,71);9-10,18,24-28,32,34,37,41-42,57-58,61H,5-8,11-17,19-23,48H2,1-4H3,(H2,49,62)(H,50,65)(H,51,67)(H,52,63)(H,53,64)(H,54,66)/t27-,28-,29?,30-,31?,35?,37-,40-,44-,45-,78+;24-,25-,26?,27-,28?,32?,34-,37-,41-,42-,71+/m00/s1. The molecule has 6 unspecified atom stereocenters. The predicted molar refractivity (Wildman–Crippen MR) is 537 cm³/mol. The Bertz CT molecular complexity index is 5630. The first-order valence-corrected chi connectivity index (χ1v) is 53.1. The number of methoxy groups -OCH3 is 2. The molecule has 15 amide bonds. The lowest BCUT2D eigenvalue weighted by atomic mass is 9.85. The Hall–Kier alpha value is -12.3. The highest BCUT2D eigenvalue weighted by molar-refractivity contribution is 7.85. The van der Waals surface area contributed by atoms with Gasteiger partial charge < -0.3 is 139 Å². The van der Waals surface area contributed by atoms with Gasteiger partial charge in [-0.15, -0.1) is 0 Å². The van der Waals surface area contributed by atoms with Crippen LogP contribution in [0.3, 0.4) is 0 Å². The number of primary amides is 2. The van der Waals surface area contributed by atoms with Crippen LogP contribution in [0.25, 0.3) is 21.8 Å². The number of aliphatic hydroxyl groups excluding tert-OH is 6. The highest BCUT2D eigenvalue weighted by Crippen LogP contribution is 2.40. The summed E-state index contributed by atoms with van der Waals surface area (Å²) in [5.41, 5.74) is 17.8. The van der Waals surface area contributed by atoms with Crippen molar-refractivity contribution in [3.63, 3.8) is 0 Å². The number of ether oxygens (including phenoxy) is 3. The highest BCUT2D eigenvalue weighted by atomic mass is 32.2. The number of carbonyl (C=O) groups is 19. The van der Waals surface area contributed by atoms with E-state index in [1.165, 1.54) is 28.1 Å². The molecule has 149 heavy (non-hydrogen) atoms. The van der Waals surface area contributed by atoms with E-state index in [1.807, 2.05) is 0 Å². The number of nitrogens with zero attached hydrogens (tertiary/aromatic N) is 4. The van der Waals surface area contributed by atoms with Gasteiger partial charge in [-0.2, -0.15) is 0 Å². The summed E-state index contributed by atoms with van der Waals surface area (Å²) in [5.74, 6) is -26.4. The van der Waals surface area contributed by atoms with Crippen LogP contribution in [0.4, 0.5) is 4.79 Å². The molecule has 2 fully saturated rings. The summed E-state index contributed by atoms with van der Waals surface area (Å²) in [6.07, 6.45) is -8.54. The number of aryl methyl sites for hydroxylation is 2. The maximum absolute atomic E-state index is 15.6. The van der Waals surface area contributed by atoms with E-state index in [0.29, 0.717) is 91.2 Å². The number of carbonyl (C=O) groups excluding carboxylic acids is 19. The van der Waals surface area contributed by atoms with E-state index in [4.69, 9.17) is 31.4 Å². The van der Waals surface area contributed by atoms with Gasteiger partial charge in [0.2, 0.25) is 82.7 Å². The van der Waals surface area contributed by atoms with Crippen molar-refractivity contribution in [1.82, 2.24) is 77.4 Å². The fourth-order valence-corrected chi connectivity index (χ4v) is 22.6. The van der Waals surface area contributed by atoms with E-state index in [9.17, 15) is 122 Å². The first kappa shape index (κ1) is 120. The van der Waals surface area contributed by atoms with Crippen LogP contribution in [0.15, 0.2) is 46.5 Å². The number of unbranched alkanes of at least 4 members (excludes halogenated alkanes) is 4. The van der Waals surface area contributed by atoms with Crippen LogP contribution in [0.2, 0.25) is 0 Å². The Morgan fingerprint density at radius 1 is 0.483 bits per heavy atom. The van der Waals surface area contributed by atoms with Crippen molar-refractivity contribution in [2.45, 2.75) is 279 Å². The maximum atomic E-state index is 15.6. The third-order valence-corrected chi connectivity index (χ3v) is 31.0. The summed E-state index contributed by atoms with van der Waals surface area (Å²) in [7, 11) is -1.79. The van der Waals surface area contributed by atoms with Crippen molar-refractivity contribution >= 4 is 155 Å². The summed E-state index contributed by atoms with van der Waals surface area (Å²) in [5, 5.41) is 93.1. The van der Waals surface area contributed by atoms with E-state index in [0.717, 1.165) is 9.80 Å². The molecule has 6 aliphatic heterocycles. The first-order valence-electron chi connectivity index (χ1n) is 50.4. The Balaban J connectivity index is 0.000000332. The molecule has 22 atom stereocenters. The van der Waals surface area contributed by atoms with E-state index >= 15 is 8.42 Å². The van der Waals surface area contributed by atoms with Crippen LogP contribution in [0, 0.1) is 47.3 Å². The van der Waals surface area contributed by atoms with Gasteiger partial charge in [-0.25, -0.2) is 4.79 Å². The minimum atomic E-state index is -2.37. The molecule has 2 aromatic carbocycles. The number of nitrogens with one attached hydrogen (secondary N) is 11. The average molecular weight is 2130 g/mol. The minimum absolute atomic E-state index is 0.0414. The molecule has 8 heterocycles. The smallest absolute Gasteiger partial charge is 0.407 e. The number of fused-ring (bicyclic) bond motifs is 10. The number of rotatable bonds is 27. The van der Waals surface area contributed by atoms with Gasteiger partial charge in [-0.3, -0.25) is 94.7 Å². The molecule has 2 saturated heterocycles. The SMILES string of the molecule is CC[C@H](C)[C@@H]1NC(=O)CNC(=O)C2CC(=O)[C@H]([C@@H](C)[C@@H](O)CO)NC(=O)[C@@H]3CC(O)CN3C(=O)[C@H](CC(N)=O)CC(=O)C(C[S@@](=O)c3c(c4ccc(OC)cc4n3CCCCCN)C2)NC(=O)CNC1=O.CC[C@H](C)[C@@H]1NC(=O)CNC(=O)C2CC(=O)[C@H]([C@@H](C)[C@@H](O)CO)NC(=O)[C@@H]3CC(O)CN3C(=O)[C@H](CC(N)=O)CC(=O)C(C[S@@](=O)c3c(c4ccc(OC)cc4n3CCCCCNC(=O)OC(C)(C)C)C2)NC(=O)CNC1=O. The lowest BCUT2D eigenvalue weighted by molar-refractivity contribution is -0.145. The Kier molecular flexibility index (Phi) is 44.7. The number of amides is 15. The average Bonchev–Trinajstić information content (AvgIpc) is 1.60. The molecule has 48 nitrogen and oxygen atoms in total. The zero-order chi connectivity index (χ0) is 110. The van der Waals surface area contributed by atoms with Gasteiger partial charge in [0.15, 0.2) is 23.1 Å². The third-order valence-electron chi connectivity index (χ3n) is 28.0. The van der Waals surface area contributed by atoms with E-state index < -0.39 is 368 Å². The van der Waals surface area contributed by atoms with Crippen molar-refractivity contribution in [2.24, 2.45) is 64.5 Å². The van der Waals surface area contributed by atoms with Crippen LogP contribution < -0.4 is 85.2 Å². The van der Waals surface area contributed by atoms with Gasteiger partial charge in [0, 0.05) is 131 Å². The van der Waals surface area contributed by atoms with Crippen LogP contribution in [0.1, 0.15) is 176 Å². The number of nitrogens with two attached hydrogens (primary N) is 3. The number of Topliss-reactive ketones (excluding diaryl/α,β-unsaturated/α-hetero) is 4. The molecule has 0 saturated carbocycles. The summed E-state index contributed by atoms with van der Waals surface area (Å²) in [4.78, 5) is 268. The van der Waals surface area contributed by atoms with Gasteiger partial charge in [0.05, 0.1) is 158 Å². The number of benzene rings is 2. The largest absolute Gasteiger partial charge is 0.497 e. The molecule has 824 valence electrons. The van der Waals surface area contributed by atoms with Crippen LogP contribution in [0.5, 0.6) is 11.5 Å². The number of aliphatic hydroxyl groups is 6. The van der Waals surface area contributed by atoms with Crippen molar-refractivity contribution in [3.05, 3.63) is 47.5 Å². The van der Waals surface area contributed by atoms with E-state index in [2.05, 4.69) is 58.5 Å². The number of alkyl carbamates (subject to hydrolysis) is 1. The second kappa shape index (κ2) is 55.4. The van der Waals surface area contributed by atoms with Gasteiger partial charge in [-0.05, 0) is 119 Å². The summed E-state index contributed by atoms with van der Waals surface area (Å²) in [6.45, 7) is 10.3. The van der Waals surface area contributed by atoms with Crippen LogP contribution in [-0.2, 0) is 139 Å². The normalized spacial score (nSPS) is 26.4. The monoisotopic (exact) mass is 2130 g/mol. The zero-order valence-electron chi connectivity index (χ0n) is 86.0. The Morgan fingerprint density at radius 2 is 0.852 bits per heavy atom. The molecule has 6 aliphatic rings. The molecule has 4 bridgehead atoms. The van der Waals surface area contributed by atoms with Gasteiger partial charge in [0.25, 0.3) is 0 Å². The topological polar surface area (TPSA) is 734 Å². The molecule has 0 aliphatic carbocycles. The third kappa shape index (κ3) is 32.4. The first-order chi connectivity index (χ1) is 70.5. The Labute approximate surface area is 866 Å². The second-order valence-corrected chi connectivity index (χ2v) is 43.0. The van der Waals surface area contributed by atoms with Crippen LogP contribution >= 0.6 is 0 Å². The summed E-state index contributed by atoms with van der Waals surface area (Å²) < 4.78 is 51.0. The molecule has 50 heteroatoms. The van der Waals surface area contributed by atoms with Crippen molar-refractivity contribution in [2.75, 3.05) is 91.3 Å². The quantitative estimate of drug-likeness (QED) is 0.0252. The highest BCUT2D eigenvalue weighted by Gasteiger charge is 2.49. The molecule has 2 aromatic heterocycles. The fraction of sp³-hybridized carbons (Fsp3) is 0.646. The minimum Gasteiger partial charge on any atom is -0.497 e. The van der Waals surface area contributed by atoms with Gasteiger partial charge in [-0.1, -0.05) is 60.8 Å². The molecule has 10 rings (SSSR count). The lowest BCUT2D eigenvalue weighted by Crippen LogP contribution is -2.56. The fourth-order valence-electron chi connectivity index (χ4n) is 19.3. The molecule has 0 radical (unpaired) electrons. The van der Waals surface area contributed by atoms with Gasteiger partial charge >= 0.3 is 6.09 Å². The van der Waals surface area contributed by atoms with Crippen LogP contribution in [-0.4, -0.2) is 340 Å². The summed E-state index contributed by atoms with van der Waals surface area (Å²) in [6, 6.07) is -2.27. The predicted octanol–water partition coefficient (Wildman–Crippen LogP) is -4.10. The van der Waals surface area contributed by atoms with Crippen molar-refractivity contribution in [1.29, 1.82) is 0 Å². The van der Waals surface area contributed by atoms with E-state index in [1.54, 1.807) is 94.0 Å². The molecule has 23 N–H and O–H groups in total. The molecule has 4 aromatic rings. The van der Waals surface area contributed by atoms with Gasteiger partial charge in [0.1, 0.15) is 51.3 Å². The van der Waals surface area contributed by atoms with Crippen molar-refractivity contribution in [3.8, 4) is 11.5 Å². The second-order valence-electron chi connectivity index (χ2n) is 40.2.